The van der Waals surface area contributed by atoms with Crippen molar-refractivity contribution in [2.45, 2.75) is 181 Å². The van der Waals surface area contributed by atoms with Gasteiger partial charge in [0.25, 0.3) is 0 Å². The van der Waals surface area contributed by atoms with Crippen molar-refractivity contribution < 1.29 is 0 Å². The molecule has 0 fully saturated rings. The summed E-state index contributed by atoms with van der Waals surface area (Å²) in [5.41, 5.74) is 0. The molecule has 0 spiro atoms. The fourth-order valence-electron chi connectivity index (χ4n) is 4.71. The number of alkyl halides is 1. The number of halogens is 1. The van der Waals surface area contributed by atoms with Gasteiger partial charge in [0.1, 0.15) is 0 Å². The Morgan fingerprint density at radius 1 is 0.323 bits per heavy atom. The molecular formula is C30H61I. The maximum atomic E-state index is 2.50. The third kappa shape index (κ3) is 30.7. The molecule has 0 rings (SSSR count). The van der Waals surface area contributed by atoms with E-state index in [2.05, 4.69) is 36.4 Å². The van der Waals surface area contributed by atoms with E-state index < -0.39 is 0 Å². The van der Waals surface area contributed by atoms with Gasteiger partial charge in [-0.1, -0.05) is 197 Å². The fourth-order valence-corrected chi connectivity index (χ4v) is 5.25. The van der Waals surface area contributed by atoms with Crippen LogP contribution < -0.4 is 0 Å². The molecular weight excluding hydrogens is 487 g/mol. The summed E-state index contributed by atoms with van der Waals surface area (Å²) < 4.78 is 1.34. The number of hydrogen-bond acceptors (Lipinski definition) is 0. The average Bonchev–Trinajstić information content (AvgIpc) is 2.76. The van der Waals surface area contributed by atoms with E-state index >= 15 is 0 Å². The second kappa shape index (κ2) is 28.8. The first kappa shape index (κ1) is 31.7. The Balaban J connectivity index is 2.99. The van der Waals surface area contributed by atoms with Crippen LogP contribution in [-0.2, 0) is 0 Å². The zero-order valence-electron chi connectivity index (χ0n) is 22.0. The summed E-state index contributed by atoms with van der Waals surface area (Å²) in [5.74, 6) is 0.897. The van der Waals surface area contributed by atoms with Gasteiger partial charge in [0.2, 0.25) is 0 Å². The predicted molar refractivity (Wildman–Crippen MR) is 154 cm³/mol. The highest BCUT2D eigenvalue weighted by Crippen LogP contribution is 2.16. The van der Waals surface area contributed by atoms with E-state index in [4.69, 9.17) is 0 Å². The van der Waals surface area contributed by atoms with Crippen LogP contribution in [0.25, 0.3) is 0 Å². The minimum Gasteiger partial charge on any atom is -0.0864 e. The molecule has 0 bridgehead atoms. The van der Waals surface area contributed by atoms with E-state index in [9.17, 15) is 0 Å². The van der Waals surface area contributed by atoms with Crippen molar-refractivity contribution in [3.8, 4) is 0 Å². The van der Waals surface area contributed by atoms with Crippen LogP contribution in [0.2, 0.25) is 0 Å². The molecule has 0 unspecified atom stereocenters. The van der Waals surface area contributed by atoms with E-state index in [0.29, 0.717) is 0 Å². The maximum Gasteiger partial charge on any atom is -0.000473 e. The topological polar surface area (TPSA) is 0 Å². The summed E-state index contributed by atoms with van der Waals surface area (Å²) >= 11 is 2.50. The van der Waals surface area contributed by atoms with Gasteiger partial charge in [0.05, 0.1) is 0 Å². The van der Waals surface area contributed by atoms with Crippen molar-refractivity contribution in [3.63, 3.8) is 0 Å². The summed E-state index contributed by atoms with van der Waals surface area (Å²) in [5, 5.41) is 0. The van der Waals surface area contributed by atoms with Crippen LogP contribution >= 0.6 is 22.6 Å². The van der Waals surface area contributed by atoms with Gasteiger partial charge in [0.15, 0.2) is 0 Å². The Kier molecular flexibility index (Phi) is 29.4. The quantitative estimate of drug-likeness (QED) is 0.0544. The van der Waals surface area contributed by atoms with E-state index in [1.165, 1.54) is 171 Å². The summed E-state index contributed by atoms with van der Waals surface area (Å²) in [4.78, 5) is 0. The minimum absolute atomic E-state index is 0.897. The normalized spacial score (nSPS) is 11.6. The molecule has 0 N–H and O–H groups in total. The molecule has 1 heteroatoms. The monoisotopic (exact) mass is 548 g/mol. The molecule has 31 heavy (non-hydrogen) atoms. The third-order valence-corrected chi connectivity index (χ3v) is 7.68. The van der Waals surface area contributed by atoms with Crippen LogP contribution in [0.15, 0.2) is 0 Å². The van der Waals surface area contributed by atoms with Gasteiger partial charge >= 0.3 is 0 Å². The SMILES string of the molecule is CC(C)CCCCCCCCCCCCCCCCCCCCCCCCCCCI. The standard InChI is InChI=1S/C30H61I/c1-30(2)28-26-24-22-20-18-16-14-12-10-8-6-4-3-5-7-9-11-13-15-17-19-21-23-25-27-29-31/h30H,3-29H2,1-2H3. The third-order valence-electron chi connectivity index (χ3n) is 6.92. The molecule has 0 saturated carbocycles. The summed E-state index contributed by atoms with van der Waals surface area (Å²) in [6.07, 6.45) is 38.5. The first-order chi connectivity index (χ1) is 15.3. The van der Waals surface area contributed by atoms with Gasteiger partial charge in [-0.3, -0.25) is 0 Å². The molecule has 0 nitrogen and oxygen atoms in total. The molecule has 0 aliphatic rings. The smallest absolute Gasteiger partial charge is 0.000473 e. The molecule has 0 saturated heterocycles. The Hall–Kier alpha value is 0.730. The summed E-state index contributed by atoms with van der Waals surface area (Å²) in [6.45, 7) is 4.69. The predicted octanol–water partition coefficient (Wildman–Crippen LogP) is 12.2. The highest BCUT2D eigenvalue weighted by atomic mass is 127. The van der Waals surface area contributed by atoms with Gasteiger partial charge in [-0.15, -0.1) is 0 Å². The molecule has 0 radical (unpaired) electrons. The molecule has 0 amide bonds. The van der Waals surface area contributed by atoms with Crippen molar-refractivity contribution in [3.05, 3.63) is 0 Å². The first-order valence-corrected chi connectivity index (χ1v) is 16.4. The van der Waals surface area contributed by atoms with E-state index in [0.717, 1.165) is 5.92 Å². The van der Waals surface area contributed by atoms with Gasteiger partial charge in [-0.25, -0.2) is 0 Å². The lowest BCUT2D eigenvalue weighted by molar-refractivity contribution is 0.500. The Morgan fingerprint density at radius 2 is 0.516 bits per heavy atom. The van der Waals surface area contributed by atoms with E-state index in [1.54, 1.807) is 0 Å². The molecule has 0 atom stereocenters. The number of hydrogen-bond donors (Lipinski definition) is 0. The highest BCUT2D eigenvalue weighted by molar-refractivity contribution is 14.1. The molecule has 0 aliphatic heterocycles. The van der Waals surface area contributed by atoms with Crippen LogP contribution in [0.5, 0.6) is 0 Å². The molecule has 0 aromatic carbocycles. The second-order valence-corrected chi connectivity index (χ2v) is 11.8. The molecule has 0 aliphatic carbocycles. The van der Waals surface area contributed by atoms with Gasteiger partial charge in [-0.2, -0.15) is 0 Å². The Bertz CT molecular complexity index is 299. The van der Waals surface area contributed by atoms with Crippen LogP contribution in [-0.4, -0.2) is 4.43 Å². The summed E-state index contributed by atoms with van der Waals surface area (Å²) in [7, 11) is 0. The van der Waals surface area contributed by atoms with E-state index in [-0.39, 0.29) is 0 Å². The largest absolute Gasteiger partial charge is 0.0864 e. The van der Waals surface area contributed by atoms with Crippen LogP contribution in [0.3, 0.4) is 0 Å². The van der Waals surface area contributed by atoms with Crippen molar-refractivity contribution in [1.29, 1.82) is 0 Å². The first-order valence-electron chi connectivity index (χ1n) is 14.8. The van der Waals surface area contributed by atoms with Crippen molar-refractivity contribution in [1.82, 2.24) is 0 Å². The molecule has 0 aromatic heterocycles. The van der Waals surface area contributed by atoms with E-state index in [1.807, 2.05) is 0 Å². The lowest BCUT2D eigenvalue weighted by atomic mass is 10.0. The second-order valence-electron chi connectivity index (χ2n) is 10.7. The van der Waals surface area contributed by atoms with Crippen molar-refractivity contribution in [2.75, 3.05) is 4.43 Å². The zero-order chi connectivity index (χ0) is 22.7. The van der Waals surface area contributed by atoms with Crippen molar-refractivity contribution >= 4 is 22.6 Å². The molecule has 0 heterocycles. The lowest BCUT2D eigenvalue weighted by Crippen LogP contribution is -1.87. The van der Waals surface area contributed by atoms with Gasteiger partial charge < -0.3 is 0 Å². The van der Waals surface area contributed by atoms with Crippen LogP contribution in [0.4, 0.5) is 0 Å². The zero-order valence-corrected chi connectivity index (χ0v) is 24.2. The van der Waals surface area contributed by atoms with Gasteiger partial charge in [0, 0.05) is 0 Å². The average molecular weight is 549 g/mol. The fraction of sp³-hybridized carbons (Fsp3) is 1.00. The number of rotatable bonds is 27. The Labute approximate surface area is 213 Å². The Morgan fingerprint density at radius 3 is 0.710 bits per heavy atom. The highest BCUT2D eigenvalue weighted by Gasteiger charge is 1.97. The summed E-state index contributed by atoms with van der Waals surface area (Å²) in [6, 6.07) is 0. The minimum atomic E-state index is 0.897. The molecule has 0 aromatic rings. The van der Waals surface area contributed by atoms with Crippen LogP contribution in [0.1, 0.15) is 181 Å². The van der Waals surface area contributed by atoms with Crippen LogP contribution in [0, 0.1) is 5.92 Å². The van der Waals surface area contributed by atoms with Crippen molar-refractivity contribution in [2.24, 2.45) is 5.92 Å². The number of unbranched alkanes of at least 4 members (excludes halogenated alkanes) is 24. The molecule has 188 valence electrons. The lowest BCUT2D eigenvalue weighted by Gasteiger charge is -2.05. The maximum absolute atomic E-state index is 2.50. The van der Waals surface area contributed by atoms with Gasteiger partial charge in [-0.05, 0) is 16.8 Å².